The number of hydrogen-bond donors (Lipinski definition) is 1. The van der Waals surface area contributed by atoms with Gasteiger partial charge in [0.25, 0.3) is 0 Å². The molecule has 33 heavy (non-hydrogen) atoms. The maximum atomic E-state index is 9.87. The first-order chi connectivity index (χ1) is 15.8. The van der Waals surface area contributed by atoms with Crippen molar-refractivity contribution in [3.8, 4) is 6.07 Å². The fraction of sp³-hybridized carbons (Fsp3) is 0.731. The third kappa shape index (κ3) is 5.60. The van der Waals surface area contributed by atoms with Crippen LogP contribution in [0.25, 0.3) is 0 Å². The zero-order valence-corrected chi connectivity index (χ0v) is 21.6. The highest BCUT2D eigenvalue weighted by Gasteiger charge is 2.33. The van der Waals surface area contributed by atoms with Gasteiger partial charge < -0.3 is 19.9 Å². The summed E-state index contributed by atoms with van der Waals surface area (Å²) in [7, 11) is 0. The lowest BCUT2D eigenvalue weighted by Gasteiger charge is -2.40. The van der Waals surface area contributed by atoms with Crippen molar-refractivity contribution >= 4 is 23.1 Å². The van der Waals surface area contributed by atoms with Crippen molar-refractivity contribution in [2.45, 2.75) is 90.9 Å². The second-order valence-electron chi connectivity index (χ2n) is 10.9. The number of aromatic nitrogens is 1. The number of nitrogens with zero attached hydrogens (tertiary/aromatic N) is 4. The number of ether oxygens (including phenoxy) is 1. The van der Waals surface area contributed by atoms with Crippen LogP contribution in [0.3, 0.4) is 0 Å². The van der Waals surface area contributed by atoms with E-state index in [0.29, 0.717) is 24.3 Å². The topological polar surface area (TPSA) is 64.4 Å². The number of pyridine rings is 1. The second-order valence-corrected chi connectivity index (χ2v) is 11.3. The zero-order chi connectivity index (χ0) is 23.6. The van der Waals surface area contributed by atoms with Crippen LogP contribution in [0.4, 0.5) is 5.82 Å². The first-order valence-electron chi connectivity index (χ1n) is 12.7. The van der Waals surface area contributed by atoms with Gasteiger partial charge in [0.1, 0.15) is 17.6 Å². The summed E-state index contributed by atoms with van der Waals surface area (Å²) in [5.74, 6) is 1.52. The number of nitrogens with one attached hydrogen (secondary N) is 1. The Bertz CT molecular complexity index is 908. The number of anilines is 1. The summed E-state index contributed by atoms with van der Waals surface area (Å²) in [6.07, 6.45) is 8.21. The standard InChI is InChI=1S/C26H39N5OS/c1-18(2)14-20-21-15-26(3,4)32-17-22(21)23(16-27)29-24(20)30-10-12-31(13-11-30)25(33)28-19-8-6-5-7-9-19/h18-19H,5-15,17H2,1-4H3,(H,28,33). The number of rotatable bonds is 4. The van der Waals surface area contributed by atoms with Gasteiger partial charge in [-0.25, -0.2) is 4.98 Å². The Hall–Kier alpha value is -1.91. The molecule has 0 bridgehead atoms. The normalized spacial score (nSPS) is 21.0. The molecular formula is C26H39N5OS. The Morgan fingerprint density at radius 3 is 2.52 bits per heavy atom. The monoisotopic (exact) mass is 469 g/mol. The lowest BCUT2D eigenvalue weighted by atomic mass is 9.85. The summed E-state index contributed by atoms with van der Waals surface area (Å²) in [6, 6.07) is 2.89. The number of thiocarbonyl (C=S) groups is 1. The number of hydrogen-bond acceptors (Lipinski definition) is 5. The fourth-order valence-electron chi connectivity index (χ4n) is 5.42. The lowest BCUT2D eigenvalue weighted by Crippen LogP contribution is -2.54. The molecule has 180 valence electrons. The van der Waals surface area contributed by atoms with Gasteiger partial charge in [0.15, 0.2) is 5.11 Å². The summed E-state index contributed by atoms with van der Waals surface area (Å²) in [6.45, 7) is 12.8. The van der Waals surface area contributed by atoms with Crippen LogP contribution in [0.2, 0.25) is 0 Å². The van der Waals surface area contributed by atoms with Crippen molar-refractivity contribution < 1.29 is 4.74 Å². The van der Waals surface area contributed by atoms with E-state index in [1.165, 1.54) is 43.2 Å². The van der Waals surface area contributed by atoms with Crippen molar-refractivity contribution in [1.82, 2.24) is 15.2 Å². The number of nitriles is 1. The van der Waals surface area contributed by atoms with Crippen LogP contribution < -0.4 is 10.2 Å². The van der Waals surface area contributed by atoms with E-state index in [1.54, 1.807) is 0 Å². The second kappa shape index (κ2) is 10.1. The predicted molar refractivity (Wildman–Crippen MR) is 136 cm³/mol. The molecule has 0 aromatic carbocycles. The minimum atomic E-state index is -0.222. The maximum absolute atomic E-state index is 9.87. The van der Waals surface area contributed by atoms with Gasteiger partial charge in [-0.2, -0.15) is 5.26 Å². The molecule has 2 aliphatic heterocycles. The summed E-state index contributed by atoms with van der Waals surface area (Å²) >= 11 is 5.76. The lowest BCUT2D eigenvalue weighted by molar-refractivity contribution is -0.0406. The van der Waals surface area contributed by atoms with E-state index in [4.69, 9.17) is 21.9 Å². The van der Waals surface area contributed by atoms with Crippen molar-refractivity contribution in [3.63, 3.8) is 0 Å². The molecule has 0 amide bonds. The highest BCUT2D eigenvalue weighted by atomic mass is 32.1. The van der Waals surface area contributed by atoms with Gasteiger partial charge in [-0.3, -0.25) is 0 Å². The van der Waals surface area contributed by atoms with Crippen LogP contribution in [0.1, 0.15) is 82.2 Å². The van der Waals surface area contributed by atoms with Crippen LogP contribution >= 0.6 is 12.2 Å². The van der Waals surface area contributed by atoms with E-state index in [2.05, 4.69) is 48.9 Å². The van der Waals surface area contributed by atoms with Crippen LogP contribution in [-0.2, 0) is 24.2 Å². The molecule has 3 aliphatic rings. The highest BCUT2D eigenvalue weighted by molar-refractivity contribution is 7.80. The SMILES string of the molecule is CC(C)Cc1c(N2CCN(C(=S)NC3CCCCC3)CC2)nc(C#N)c2c1CC(C)(C)OC2. The van der Waals surface area contributed by atoms with E-state index < -0.39 is 0 Å². The maximum Gasteiger partial charge on any atom is 0.169 e. The van der Waals surface area contributed by atoms with Crippen molar-refractivity contribution in [3.05, 3.63) is 22.4 Å². The summed E-state index contributed by atoms with van der Waals surface area (Å²) in [5.41, 5.74) is 3.90. The number of piperazine rings is 1. The van der Waals surface area contributed by atoms with Gasteiger partial charge in [0, 0.05) is 44.2 Å². The van der Waals surface area contributed by atoms with Crippen LogP contribution in [0.15, 0.2) is 0 Å². The fourth-order valence-corrected chi connectivity index (χ4v) is 5.77. The highest BCUT2D eigenvalue weighted by Crippen LogP contribution is 2.37. The smallest absolute Gasteiger partial charge is 0.169 e. The van der Waals surface area contributed by atoms with Gasteiger partial charge >= 0.3 is 0 Å². The van der Waals surface area contributed by atoms with Crippen molar-refractivity contribution in [1.29, 1.82) is 5.26 Å². The molecule has 1 N–H and O–H groups in total. The van der Waals surface area contributed by atoms with Gasteiger partial charge in [-0.1, -0.05) is 33.1 Å². The molecule has 3 heterocycles. The van der Waals surface area contributed by atoms with Crippen molar-refractivity contribution in [2.24, 2.45) is 5.92 Å². The van der Waals surface area contributed by atoms with Crippen LogP contribution in [0, 0.1) is 17.2 Å². The average Bonchev–Trinajstić information content (AvgIpc) is 2.79. The molecule has 1 aliphatic carbocycles. The van der Waals surface area contributed by atoms with E-state index >= 15 is 0 Å². The minimum Gasteiger partial charge on any atom is -0.370 e. The molecular weight excluding hydrogens is 430 g/mol. The number of fused-ring (bicyclic) bond motifs is 1. The van der Waals surface area contributed by atoms with Crippen LogP contribution in [0.5, 0.6) is 0 Å². The molecule has 4 rings (SSSR count). The van der Waals surface area contributed by atoms with Gasteiger partial charge in [-0.05, 0) is 62.4 Å². The van der Waals surface area contributed by atoms with E-state index in [1.807, 2.05) is 0 Å². The Morgan fingerprint density at radius 1 is 1.18 bits per heavy atom. The molecule has 1 saturated heterocycles. The largest absolute Gasteiger partial charge is 0.370 e. The quantitative estimate of drug-likeness (QED) is 0.658. The molecule has 1 saturated carbocycles. The Kier molecular flexibility index (Phi) is 7.45. The third-order valence-corrected chi connectivity index (χ3v) is 7.61. The summed E-state index contributed by atoms with van der Waals surface area (Å²) < 4.78 is 6.05. The van der Waals surface area contributed by atoms with E-state index in [9.17, 15) is 5.26 Å². The zero-order valence-electron chi connectivity index (χ0n) is 20.7. The van der Waals surface area contributed by atoms with Gasteiger partial charge in [-0.15, -0.1) is 0 Å². The predicted octanol–water partition coefficient (Wildman–Crippen LogP) is 4.33. The van der Waals surface area contributed by atoms with E-state index in [-0.39, 0.29) is 5.60 Å². The molecule has 1 aromatic heterocycles. The Balaban J connectivity index is 1.54. The molecule has 0 unspecified atom stereocenters. The first-order valence-corrected chi connectivity index (χ1v) is 13.1. The molecule has 2 fully saturated rings. The summed E-state index contributed by atoms with van der Waals surface area (Å²) in [5, 5.41) is 14.4. The minimum absolute atomic E-state index is 0.222. The molecule has 6 nitrogen and oxygen atoms in total. The Morgan fingerprint density at radius 2 is 1.88 bits per heavy atom. The molecule has 0 spiro atoms. The van der Waals surface area contributed by atoms with Gasteiger partial charge in [0.2, 0.25) is 0 Å². The van der Waals surface area contributed by atoms with Gasteiger partial charge in [0.05, 0.1) is 12.2 Å². The average molecular weight is 470 g/mol. The van der Waals surface area contributed by atoms with Crippen LogP contribution in [-0.4, -0.2) is 52.8 Å². The molecule has 1 aromatic rings. The third-order valence-electron chi connectivity index (χ3n) is 7.23. The Labute approximate surface area is 204 Å². The van der Waals surface area contributed by atoms with Crippen molar-refractivity contribution in [2.75, 3.05) is 31.1 Å². The first kappa shape index (κ1) is 24.2. The molecule has 7 heteroatoms. The molecule has 0 atom stereocenters. The van der Waals surface area contributed by atoms with E-state index in [0.717, 1.165) is 55.5 Å². The molecule has 0 radical (unpaired) electrons. The summed E-state index contributed by atoms with van der Waals surface area (Å²) in [4.78, 5) is 9.59.